The van der Waals surface area contributed by atoms with Crippen molar-refractivity contribution in [1.82, 2.24) is 14.7 Å². The lowest BCUT2D eigenvalue weighted by Crippen LogP contribution is -2.54. The number of nitrogens with zero attached hydrogens (tertiary/aromatic N) is 4. The number of piperazine rings is 1. The van der Waals surface area contributed by atoms with Crippen LogP contribution in [0.3, 0.4) is 0 Å². The number of benzene rings is 1. The average Bonchev–Trinajstić information content (AvgIpc) is 3.26. The summed E-state index contributed by atoms with van der Waals surface area (Å²) in [5.74, 6) is 0.118. The summed E-state index contributed by atoms with van der Waals surface area (Å²) in [7, 11) is 0. The molecule has 0 aliphatic carbocycles. The van der Waals surface area contributed by atoms with Crippen LogP contribution in [0.1, 0.15) is 43.7 Å². The first kappa shape index (κ1) is 29.3. The largest absolute Gasteiger partial charge is 0.434 e. The standard InChI is InChI=1S/C26H34F6N4O3/c1-18-4-5-20(21(16-18)34-10-7-24(8-11-34)6-3-9-36(24)19(2)37)17-33-12-14-35(15-13-33)23(38)39-22(25(27,28)29)26(30,31)32/h4-5,16,22H,3,6-15,17H2,1-2H3. The first-order chi connectivity index (χ1) is 18.2. The van der Waals surface area contributed by atoms with Crippen LogP contribution in [0.2, 0.25) is 0 Å². The molecule has 2 amide bonds. The van der Waals surface area contributed by atoms with Gasteiger partial charge in [-0.2, -0.15) is 26.3 Å². The lowest BCUT2D eigenvalue weighted by atomic mass is 9.84. The predicted molar refractivity (Wildman–Crippen MR) is 131 cm³/mol. The second kappa shape index (κ2) is 11.1. The van der Waals surface area contributed by atoms with Gasteiger partial charge in [0, 0.05) is 70.5 Å². The first-order valence-corrected chi connectivity index (χ1v) is 13.1. The van der Waals surface area contributed by atoms with E-state index in [1.807, 2.05) is 28.9 Å². The van der Waals surface area contributed by atoms with Crippen LogP contribution in [0.15, 0.2) is 18.2 Å². The number of likely N-dealkylation sites (tertiary alicyclic amines) is 1. The summed E-state index contributed by atoms with van der Waals surface area (Å²) < 4.78 is 80.4. The van der Waals surface area contributed by atoms with Crippen molar-refractivity contribution >= 4 is 17.7 Å². The monoisotopic (exact) mass is 564 g/mol. The Morgan fingerprint density at radius 2 is 1.54 bits per heavy atom. The van der Waals surface area contributed by atoms with Crippen LogP contribution in [0.25, 0.3) is 0 Å². The SMILES string of the molecule is CC(=O)N1CCCC12CCN(c1cc(C)ccc1CN1CCN(C(=O)OC(C(F)(F)F)C(F)(F)F)CC1)CC2. The van der Waals surface area contributed by atoms with E-state index in [4.69, 9.17) is 0 Å². The second-order valence-electron chi connectivity index (χ2n) is 10.7. The number of halogens is 6. The summed E-state index contributed by atoms with van der Waals surface area (Å²) in [6.07, 6.45) is -13.5. The van der Waals surface area contributed by atoms with Crippen molar-refractivity contribution in [2.24, 2.45) is 0 Å². The number of carbonyl (C=O) groups excluding carboxylic acids is 2. The highest BCUT2D eigenvalue weighted by molar-refractivity contribution is 5.74. The van der Waals surface area contributed by atoms with E-state index < -0.39 is 24.5 Å². The molecule has 0 unspecified atom stereocenters. The van der Waals surface area contributed by atoms with Crippen LogP contribution in [0.5, 0.6) is 0 Å². The number of hydrogen-bond acceptors (Lipinski definition) is 5. The van der Waals surface area contributed by atoms with E-state index >= 15 is 0 Å². The van der Waals surface area contributed by atoms with Gasteiger partial charge in [0.1, 0.15) is 0 Å². The third-order valence-corrected chi connectivity index (χ3v) is 8.09. The smallest absolute Gasteiger partial charge is 0.426 e. The third kappa shape index (κ3) is 6.55. The van der Waals surface area contributed by atoms with Gasteiger partial charge < -0.3 is 19.4 Å². The fourth-order valence-corrected chi connectivity index (χ4v) is 6.04. The molecule has 0 radical (unpaired) electrons. The van der Waals surface area contributed by atoms with Gasteiger partial charge in [-0.25, -0.2) is 4.79 Å². The molecule has 1 spiro atoms. The van der Waals surface area contributed by atoms with Crippen LogP contribution >= 0.6 is 0 Å². The zero-order valence-corrected chi connectivity index (χ0v) is 22.1. The fourth-order valence-electron chi connectivity index (χ4n) is 6.04. The summed E-state index contributed by atoms with van der Waals surface area (Å²) in [5.41, 5.74) is 3.15. The maximum atomic E-state index is 12.8. The zero-order chi connectivity index (χ0) is 28.6. The summed E-state index contributed by atoms with van der Waals surface area (Å²) in [5, 5.41) is 0. The highest BCUT2D eigenvalue weighted by Gasteiger charge is 2.60. The Labute approximate surface area is 223 Å². The molecule has 3 aliphatic heterocycles. The minimum absolute atomic E-state index is 0.0461. The Hall–Kier alpha value is -2.70. The molecule has 3 saturated heterocycles. The van der Waals surface area contributed by atoms with Crippen molar-refractivity contribution in [3.8, 4) is 0 Å². The van der Waals surface area contributed by atoms with Gasteiger partial charge in [-0.3, -0.25) is 9.69 Å². The van der Waals surface area contributed by atoms with Gasteiger partial charge in [0.05, 0.1) is 0 Å². The number of hydrogen-bond donors (Lipinski definition) is 0. The Kier molecular flexibility index (Phi) is 8.30. The van der Waals surface area contributed by atoms with Gasteiger partial charge in [-0.05, 0) is 49.8 Å². The van der Waals surface area contributed by atoms with Gasteiger partial charge in [0.2, 0.25) is 5.91 Å². The van der Waals surface area contributed by atoms with Crippen molar-refractivity contribution in [2.75, 3.05) is 50.7 Å². The quantitative estimate of drug-likeness (QED) is 0.496. The van der Waals surface area contributed by atoms with E-state index in [1.165, 1.54) is 0 Å². The molecule has 7 nitrogen and oxygen atoms in total. The van der Waals surface area contributed by atoms with Crippen LogP contribution in [0, 0.1) is 6.92 Å². The molecule has 0 atom stereocenters. The van der Waals surface area contributed by atoms with Gasteiger partial charge in [0.25, 0.3) is 6.10 Å². The lowest BCUT2D eigenvalue weighted by Gasteiger charge is -2.46. The summed E-state index contributed by atoms with van der Waals surface area (Å²) >= 11 is 0. The van der Waals surface area contributed by atoms with Crippen molar-refractivity contribution in [2.45, 2.75) is 70.1 Å². The molecule has 1 aromatic rings. The number of carbonyl (C=O) groups is 2. The average molecular weight is 565 g/mol. The first-order valence-electron chi connectivity index (χ1n) is 13.1. The molecule has 218 valence electrons. The van der Waals surface area contributed by atoms with E-state index in [1.54, 1.807) is 6.92 Å². The molecule has 3 aliphatic rings. The van der Waals surface area contributed by atoms with E-state index in [0.717, 1.165) is 67.0 Å². The third-order valence-electron chi connectivity index (χ3n) is 8.09. The minimum Gasteiger partial charge on any atom is -0.426 e. The van der Waals surface area contributed by atoms with Crippen molar-refractivity contribution in [3.63, 3.8) is 0 Å². The van der Waals surface area contributed by atoms with Gasteiger partial charge in [-0.15, -0.1) is 0 Å². The minimum atomic E-state index is -5.74. The summed E-state index contributed by atoms with van der Waals surface area (Å²) in [6, 6.07) is 6.15. The molecular weight excluding hydrogens is 530 g/mol. The van der Waals surface area contributed by atoms with Crippen LogP contribution in [0.4, 0.5) is 36.8 Å². The highest BCUT2D eigenvalue weighted by atomic mass is 19.4. The number of anilines is 1. The van der Waals surface area contributed by atoms with Crippen molar-refractivity contribution in [3.05, 3.63) is 29.3 Å². The topological polar surface area (TPSA) is 56.3 Å². The Morgan fingerprint density at radius 3 is 2.10 bits per heavy atom. The van der Waals surface area contributed by atoms with Crippen molar-refractivity contribution < 1.29 is 40.7 Å². The predicted octanol–water partition coefficient (Wildman–Crippen LogP) is 4.72. The number of alkyl halides is 6. The van der Waals surface area contributed by atoms with Gasteiger partial charge in [0.15, 0.2) is 0 Å². The molecule has 39 heavy (non-hydrogen) atoms. The fraction of sp³-hybridized carbons (Fsp3) is 0.692. The molecule has 0 bridgehead atoms. The van der Waals surface area contributed by atoms with Gasteiger partial charge >= 0.3 is 18.4 Å². The normalized spacial score (nSPS) is 20.7. The number of amides is 2. The summed E-state index contributed by atoms with van der Waals surface area (Å²) in [6.45, 7) is 7.04. The van der Waals surface area contributed by atoms with E-state index in [-0.39, 0.29) is 37.6 Å². The second-order valence-corrected chi connectivity index (χ2v) is 10.7. The van der Waals surface area contributed by atoms with Crippen LogP contribution < -0.4 is 4.90 Å². The summed E-state index contributed by atoms with van der Waals surface area (Å²) in [4.78, 5) is 31.5. The highest BCUT2D eigenvalue weighted by Crippen LogP contribution is 2.40. The molecule has 13 heteroatoms. The molecule has 1 aromatic carbocycles. The lowest BCUT2D eigenvalue weighted by molar-refractivity contribution is -0.308. The van der Waals surface area contributed by atoms with Gasteiger partial charge in [-0.1, -0.05) is 12.1 Å². The van der Waals surface area contributed by atoms with E-state index in [0.29, 0.717) is 6.54 Å². The van der Waals surface area contributed by atoms with Crippen LogP contribution in [-0.4, -0.2) is 96.5 Å². The number of ether oxygens (including phenoxy) is 1. The van der Waals surface area contributed by atoms with Crippen LogP contribution in [-0.2, 0) is 16.1 Å². The molecule has 3 heterocycles. The maximum absolute atomic E-state index is 12.8. The Bertz CT molecular complexity index is 1030. The maximum Gasteiger partial charge on any atom is 0.434 e. The molecule has 4 rings (SSSR count). The molecular formula is C26H34F6N4O3. The zero-order valence-electron chi connectivity index (χ0n) is 22.1. The van der Waals surface area contributed by atoms with E-state index in [2.05, 4.69) is 15.7 Å². The number of piperidine rings is 1. The Balaban J connectivity index is 1.36. The van der Waals surface area contributed by atoms with E-state index in [9.17, 15) is 35.9 Å². The number of rotatable bonds is 4. The Morgan fingerprint density at radius 1 is 0.923 bits per heavy atom. The molecule has 0 N–H and O–H groups in total. The van der Waals surface area contributed by atoms with Crippen molar-refractivity contribution in [1.29, 1.82) is 0 Å². The number of aryl methyl sites for hydroxylation is 1. The molecule has 0 saturated carbocycles. The molecule has 0 aromatic heterocycles. The molecule has 3 fully saturated rings.